The third-order valence-corrected chi connectivity index (χ3v) is 8.29. The molecule has 1 N–H and O–H groups in total. The van der Waals surface area contributed by atoms with E-state index >= 15 is 0 Å². The first-order chi connectivity index (χ1) is 20.4. The maximum absolute atomic E-state index is 14.1. The molecule has 1 aliphatic carbocycles. The SMILES string of the molecule is CC(Sc1cccc(-n2nc(C(F)(F)F)c3c2C(Oc2ccc(C(=O)O)cc2)CCC3)c1)c1ccc2c(c1)OC(F)(F)O2. The van der Waals surface area contributed by atoms with Gasteiger partial charge in [-0.3, -0.25) is 0 Å². The highest BCUT2D eigenvalue weighted by atomic mass is 32.2. The molecule has 0 bridgehead atoms. The highest BCUT2D eigenvalue weighted by molar-refractivity contribution is 7.99. The summed E-state index contributed by atoms with van der Waals surface area (Å²) in [6, 6.07) is 17.1. The van der Waals surface area contributed by atoms with Crippen molar-refractivity contribution in [3.05, 3.63) is 94.8 Å². The Hall–Kier alpha value is -4.26. The van der Waals surface area contributed by atoms with Gasteiger partial charge in [0.05, 0.1) is 16.9 Å². The molecule has 2 heterocycles. The Morgan fingerprint density at radius 3 is 2.56 bits per heavy atom. The number of rotatable bonds is 7. The number of thioether (sulfide) groups is 1. The number of alkyl halides is 5. The van der Waals surface area contributed by atoms with Crippen LogP contribution in [0.5, 0.6) is 17.2 Å². The normalized spacial score (nSPS) is 17.8. The Balaban J connectivity index is 1.31. The fourth-order valence-corrected chi connectivity index (χ4v) is 6.24. The minimum absolute atomic E-state index is 0.0586. The first-order valence-electron chi connectivity index (χ1n) is 13.2. The van der Waals surface area contributed by atoms with Crippen LogP contribution in [0.3, 0.4) is 0 Å². The van der Waals surface area contributed by atoms with Gasteiger partial charge in [0.1, 0.15) is 11.9 Å². The number of benzene rings is 3. The number of fused-ring (bicyclic) bond motifs is 2. The van der Waals surface area contributed by atoms with E-state index in [1.165, 1.54) is 52.8 Å². The lowest BCUT2D eigenvalue weighted by Gasteiger charge is -2.26. The van der Waals surface area contributed by atoms with Crippen molar-refractivity contribution in [2.75, 3.05) is 0 Å². The molecule has 7 nitrogen and oxygen atoms in total. The average Bonchev–Trinajstić information content (AvgIpc) is 3.50. The quantitative estimate of drug-likeness (QED) is 0.165. The summed E-state index contributed by atoms with van der Waals surface area (Å²) < 4.78 is 85.7. The number of aromatic nitrogens is 2. The molecule has 6 rings (SSSR count). The number of nitrogens with zero attached hydrogens (tertiary/aromatic N) is 2. The summed E-state index contributed by atoms with van der Waals surface area (Å²) in [5.41, 5.74) is 0.519. The summed E-state index contributed by atoms with van der Waals surface area (Å²) >= 11 is 1.38. The topological polar surface area (TPSA) is 82.8 Å². The second-order valence-electron chi connectivity index (χ2n) is 10.1. The minimum atomic E-state index is -4.68. The lowest BCUT2D eigenvalue weighted by molar-refractivity contribution is -0.286. The van der Waals surface area contributed by atoms with Crippen LogP contribution in [-0.2, 0) is 12.6 Å². The number of carboxylic acids is 1. The Morgan fingerprint density at radius 1 is 1.09 bits per heavy atom. The number of halogens is 5. The van der Waals surface area contributed by atoms with Gasteiger partial charge in [-0.15, -0.1) is 20.5 Å². The summed E-state index contributed by atoms with van der Waals surface area (Å²) in [5, 5.41) is 12.9. The Labute approximate surface area is 246 Å². The number of hydrogen-bond donors (Lipinski definition) is 1. The van der Waals surface area contributed by atoms with E-state index in [9.17, 15) is 26.7 Å². The molecule has 3 aromatic carbocycles. The van der Waals surface area contributed by atoms with Gasteiger partial charge in [0, 0.05) is 15.7 Å². The van der Waals surface area contributed by atoms with Crippen LogP contribution in [0, 0.1) is 0 Å². The van der Waals surface area contributed by atoms with Crippen molar-refractivity contribution in [3.63, 3.8) is 0 Å². The molecule has 2 unspecified atom stereocenters. The standard InChI is InChI=1S/C30H23F5N2O5S/c1-16(18-10-13-23-25(14-18)42-30(34,35)41-23)43-21-5-2-4-19(15-21)37-26-22(27(36-37)29(31,32)33)6-3-7-24(26)40-20-11-8-17(9-12-20)28(38)39/h2,4-5,8-16,24H,3,6-7H2,1H3,(H,38,39). The van der Waals surface area contributed by atoms with E-state index < -0.39 is 30.2 Å². The predicted octanol–water partition coefficient (Wildman–Crippen LogP) is 8.22. The third kappa shape index (κ3) is 5.85. The fraction of sp³-hybridized carbons (Fsp3) is 0.267. The summed E-state index contributed by atoms with van der Waals surface area (Å²) in [4.78, 5) is 11.9. The molecule has 13 heteroatoms. The fourth-order valence-electron chi connectivity index (χ4n) is 5.20. The van der Waals surface area contributed by atoms with Crippen LogP contribution < -0.4 is 14.2 Å². The molecule has 0 amide bonds. The second-order valence-corrected chi connectivity index (χ2v) is 11.5. The average molecular weight is 619 g/mol. The van der Waals surface area contributed by atoms with Crippen molar-refractivity contribution in [2.24, 2.45) is 0 Å². The molecule has 0 radical (unpaired) electrons. The predicted molar refractivity (Wildman–Crippen MR) is 145 cm³/mol. The van der Waals surface area contributed by atoms with E-state index in [1.807, 2.05) is 6.92 Å². The van der Waals surface area contributed by atoms with Crippen LogP contribution in [0.1, 0.15) is 64.0 Å². The van der Waals surface area contributed by atoms with Crippen molar-refractivity contribution in [1.29, 1.82) is 0 Å². The van der Waals surface area contributed by atoms with Crippen molar-refractivity contribution in [3.8, 4) is 22.9 Å². The van der Waals surface area contributed by atoms with E-state index in [4.69, 9.17) is 9.84 Å². The smallest absolute Gasteiger partial charge is 0.484 e. The molecule has 2 aliphatic rings. The Bertz CT molecular complexity index is 1690. The summed E-state index contributed by atoms with van der Waals surface area (Å²) in [6.45, 7) is 1.87. The van der Waals surface area contributed by atoms with Gasteiger partial charge >= 0.3 is 18.4 Å². The number of hydrogen-bond acceptors (Lipinski definition) is 6. The number of carboxylic acid groups (broad SMARTS) is 1. The molecule has 4 aromatic rings. The monoisotopic (exact) mass is 618 g/mol. The van der Waals surface area contributed by atoms with Crippen molar-refractivity contribution >= 4 is 17.7 Å². The summed E-state index contributed by atoms with van der Waals surface area (Å²) in [5.74, 6) is -0.919. The van der Waals surface area contributed by atoms with Gasteiger partial charge < -0.3 is 19.3 Å². The molecule has 0 saturated heterocycles. The number of ether oxygens (including phenoxy) is 3. The molecule has 0 spiro atoms. The maximum atomic E-state index is 14.1. The first kappa shape index (κ1) is 28.8. The van der Waals surface area contributed by atoms with Crippen LogP contribution in [0.25, 0.3) is 5.69 Å². The van der Waals surface area contributed by atoms with Gasteiger partial charge in [0.25, 0.3) is 0 Å². The summed E-state index contributed by atoms with van der Waals surface area (Å²) in [7, 11) is 0. The van der Waals surface area contributed by atoms with Crippen LogP contribution >= 0.6 is 11.8 Å². The minimum Gasteiger partial charge on any atom is -0.484 e. The molecule has 224 valence electrons. The Kier molecular flexibility index (Phi) is 7.23. The van der Waals surface area contributed by atoms with Gasteiger partial charge in [-0.2, -0.15) is 18.3 Å². The summed E-state index contributed by atoms with van der Waals surface area (Å²) in [6.07, 6.45) is -8.11. The molecule has 0 saturated carbocycles. The molecular formula is C30H23F5N2O5S. The van der Waals surface area contributed by atoms with Gasteiger partial charge in [-0.1, -0.05) is 12.1 Å². The van der Waals surface area contributed by atoms with Crippen LogP contribution in [0.4, 0.5) is 22.0 Å². The highest BCUT2D eigenvalue weighted by Crippen LogP contribution is 2.45. The van der Waals surface area contributed by atoms with Gasteiger partial charge in [-0.25, -0.2) is 9.48 Å². The van der Waals surface area contributed by atoms with Crippen molar-refractivity contribution in [1.82, 2.24) is 9.78 Å². The molecule has 2 atom stereocenters. The molecular weight excluding hydrogens is 595 g/mol. The zero-order valence-electron chi connectivity index (χ0n) is 22.4. The van der Waals surface area contributed by atoms with Crippen LogP contribution in [0.2, 0.25) is 0 Å². The van der Waals surface area contributed by atoms with E-state index in [-0.39, 0.29) is 40.0 Å². The molecule has 1 aromatic heterocycles. The van der Waals surface area contributed by atoms with Gasteiger partial charge in [0.15, 0.2) is 17.2 Å². The van der Waals surface area contributed by atoms with Gasteiger partial charge in [-0.05, 0) is 86.3 Å². The van der Waals surface area contributed by atoms with Crippen LogP contribution in [-0.4, -0.2) is 27.2 Å². The second kappa shape index (κ2) is 10.8. The van der Waals surface area contributed by atoms with E-state index in [2.05, 4.69) is 14.6 Å². The van der Waals surface area contributed by atoms with Crippen LogP contribution in [0.15, 0.2) is 71.6 Å². The molecule has 1 aliphatic heterocycles. The first-order valence-corrected chi connectivity index (χ1v) is 14.1. The lowest BCUT2D eigenvalue weighted by atomic mass is 9.93. The maximum Gasteiger partial charge on any atom is 0.586 e. The zero-order valence-corrected chi connectivity index (χ0v) is 23.2. The van der Waals surface area contributed by atoms with Crippen molar-refractivity contribution in [2.45, 2.75) is 54.9 Å². The lowest BCUT2D eigenvalue weighted by Crippen LogP contribution is -2.25. The van der Waals surface area contributed by atoms with Crippen molar-refractivity contribution < 1.29 is 46.1 Å². The molecule has 43 heavy (non-hydrogen) atoms. The van der Waals surface area contributed by atoms with E-state index in [0.717, 1.165) is 0 Å². The highest BCUT2D eigenvalue weighted by Gasteiger charge is 2.44. The Morgan fingerprint density at radius 2 is 1.84 bits per heavy atom. The van der Waals surface area contributed by atoms with E-state index in [1.54, 1.807) is 30.3 Å². The van der Waals surface area contributed by atoms with Gasteiger partial charge in [0.2, 0.25) is 0 Å². The molecule has 0 fully saturated rings. The number of aromatic carboxylic acids is 1. The third-order valence-electron chi connectivity index (χ3n) is 7.14. The largest absolute Gasteiger partial charge is 0.586 e. The number of carbonyl (C=O) groups is 1. The van der Waals surface area contributed by atoms with E-state index in [0.29, 0.717) is 34.7 Å². The zero-order chi connectivity index (χ0) is 30.5.